The van der Waals surface area contributed by atoms with Crippen molar-refractivity contribution in [3.63, 3.8) is 0 Å². The van der Waals surface area contributed by atoms with Crippen LogP contribution in [0, 0.1) is 23.2 Å². The van der Waals surface area contributed by atoms with Crippen LogP contribution in [0.1, 0.15) is 154 Å². The first kappa shape index (κ1) is 32.2. The normalized spacial score (nSPS) is 23.5. The summed E-state index contributed by atoms with van der Waals surface area (Å²) >= 11 is 0. The predicted molar refractivity (Wildman–Crippen MR) is 179 cm³/mol. The molecule has 4 rings (SSSR count). The molecule has 0 bridgehead atoms. The highest BCUT2D eigenvalue weighted by atomic mass is 16.5. The third-order valence-electron chi connectivity index (χ3n) is 11.8. The van der Waals surface area contributed by atoms with Gasteiger partial charge in [-0.05, 0) is 114 Å². The highest BCUT2D eigenvalue weighted by Crippen LogP contribution is 2.41. The lowest BCUT2D eigenvalue weighted by atomic mass is 9.74. The molecule has 0 amide bonds. The Morgan fingerprint density at radius 2 is 1.17 bits per heavy atom. The second-order valence-corrected chi connectivity index (χ2v) is 14.0. The smallest absolute Gasteiger partial charge is 0.125 e. The Morgan fingerprint density at radius 1 is 0.659 bits per heavy atom. The molecule has 0 aliphatic heterocycles. The lowest BCUT2D eigenvalue weighted by Crippen LogP contribution is -2.21. The Kier molecular flexibility index (Phi) is 12.3. The van der Waals surface area contributed by atoms with E-state index in [4.69, 9.17) is 4.74 Å². The lowest BCUT2D eigenvalue weighted by Gasteiger charge is -2.31. The first-order valence-electron chi connectivity index (χ1n) is 17.8. The number of aryl methyl sites for hydroxylation is 2. The van der Waals surface area contributed by atoms with E-state index in [1.54, 1.807) is 5.56 Å². The third kappa shape index (κ3) is 8.42. The van der Waals surface area contributed by atoms with Crippen molar-refractivity contribution in [2.75, 3.05) is 6.61 Å². The van der Waals surface area contributed by atoms with E-state index in [2.05, 4.69) is 77.9 Å². The number of rotatable bonds is 14. The molecule has 228 valence electrons. The summed E-state index contributed by atoms with van der Waals surface area (Å²) < 4.78 is 6.56. The molecule has 2 aromatic carbocycles. The van der Waals surface area contributed by atoms with Crippen LogP contribution < -0.4 is 4.74 Å². The van der Waals surface area contributed by atoms with Crippen LogP contribution in [0.4, 0.5) is 0 Å². The summed E-state index contributed by atoms with van der Waals surface area (Å²) in [6.07, 6.45) is 21.4. The van der Waals surface area contributed by atoms with E-state index in [0.29, 0.717) is 5.41 Å². The van der Waals surface area contributed by atoms with Gasteiger partial charge in [-0.25, -0.2) is 0 Å². The fourth-order valence-corrected chi connectivity index (χ4v) is 8.10. The van der Waals surface area contributed by atoms with Gasteiger partial charge < -0.3 is 4.74 Å². The van der Waals surface area contributed by atoms with E-state index in [-0.39, 0.29) is 0 Å². The summed E-state index contributed by atoms with van der Waals surface area (Å²) in [5.41, 5.74) is 7.41. The molecule has 2 aliphatic carbocycles. The Morgan fingerprint density at radius 3 is 1.66 bits per heavy atom. The fourth-order valence-electron chi connectivity index (χ4n) is 8.10. The first-order chi connectivity index (χ1) is 19.9. The van der Waals surface area contributed by atoms with Crippen LogP contribution in [0.2, 0.25) is 0 Å². The molecule has 0 radical (unpaired) electrons. The Balaban J connectivity index is 1.34. The summed E-state index contributed by atoms with van der Waals surface area (Å²) in [5.74, 6) is 4.90. The molecular weight excluding hydrogens is 496 g/mol. The van der Waals surface area contributed by atoms with E-state index >= 15 is 0 Å². The molecule has 1 nitrogen and oxygen atoms in total. The minimum Gasteiger partial charge on any atom is -0.493 e. The maximum Gasteiger partial charge on any atom is 0.125 e. The second kappa shape index (κ2) is 15.6. The molecule has 2 saturated carbocycles. The average molecular weight is 559 g/mol. The van der Waals surface area contributed by atoms with Gasteiger partial charge in [-0.3, -0.25) is 0 Å². The maximum atomic E-state index is 6.56. The van der Waals surface area contributed by atoms with Crippen LogP contribution in [-0.4, -0.2) is 6.61 Å². The standard InChI is InChI=1S/C40H62O/c1-7-33-28-38(29-34(8-2)39(33)41-27-26-40(9-3,10-4)11-5)37-24-22-36(23-25-37)35-20-18-32(19-21-35)17-16-31-14-12-30(6)13-15-31/h22-25,28-32,35H,7-21,26-27H2,1-6H3. The van der Waals surface area contributed by atoms with Gasteiger partial charge in [0.25, 0.3) is 0 Å². The molecule has 0 spiro atoms. The van der Waals surface area contributed by atoms with Gasteiger partial charge >= 0.3 is 0 Å². The van der Waals surface area contributed by atoms with Crippen molar-refractivity contribution >= 4 is 0 Å². The first-order valence-corrected chi connectivity index (χ1v) is 17.8. The van der Waals surface area contributed by atoms with Crippen molar-refractivity contribution in [3.05, 3.63) is 53.1 Å². The molecule has 2 fully saturated rings. The Labute approximate surface area is 254 Å². The van der Waals surface area contributed by atoms with Gasteiger partial charge in [0, 0.05) is 0 Å². The van der Waals surface area contributed by atoms with Gasteiger partial charge in [0.2, 0.25) is 0 Å². The average Bonchev–Trinajstić information content (AvgIpc) is 3.03. The molecule has 0 saturated heterocycles. The van der Waals surface area contributed by atoms with E-state index < -0.39 is 0 Å². The summed E-state index contributed by atoms with van der Waals surface area (Å²) in [5, 5.41) is 0. The van der Waals surface area contributed by atoms with Crippen LogP contribution in [-0.2, 0) is 12.8 Å². The monoisotopic (exact) mass is 558 g/mol. The van der Waals surface area contributed by atoms with Gasteiger partial charge in [-0.15, -0.1) is 0 Å². The third-order valence-corrected chi connectivity index (χ3v) is 11.8. The fraction of sp³-hybridized carbons (Fsp3) is 0.700. The highest BCUT2D eigenvalue weighted by Gasteiger charge is 2.26. The van der Waals surface area contributed by atoms with Crippen molar-refractivity contribution in [3.8, 4) is 16.9 Å². The maximum absolute atomic E-state index is 6.56. The van der Waals surface area contributed by atoms with Crippen LogP contribution in [0.5, 0.6) is 5.75 Å². The number of benzene rings is 2. The van der Waals surface area contributed by atoms with Gasteiger partial charge in [-0.2, -0.15) is 0 Å². The van der Waals surface area contributed by atoms with Gasteiger partial charge in [0.15, 0.2) is 0 Å². The number of ether oxygens (including phenoxy) is 1. The highest BCUT2D eigenvalue weighted by molar-refractivity contribution is 5.68. The van der Waals surface area contributed by atoms with Crippen molar-refractivity contribution < 1.29 is 4.74 Å². The van der Waals surface area contributed by atoms with Crippen molar-refractivity contribution in [2.24, 2.45) is 23.2 Å². The van der Waals surface area contributed by atoms with Crippen LogP contribution in [0.15, 0.2) is 36.4 Å². The summed E-state index contributed by atoms with van der Waals surface area (Å²) in [6, 6.07) is 14.4. The molecule has 0 N–H and O–H groups in total. The van der Waals surface area contributed by atoms with E-state index in [0.717, 1.165) is 55.3 Å². The predicted octanol–water partition coefficient (Wildman–Crippen LogP) is 12.3. The lowest BCUT2D eigenvalue weighted by molar-refractivity contribution is 0.172. The summed E-state index contributed by atoms with van der Waals surface area (Å²) in [4.78, 5) is 0. The van der Waals surface area contributed by atoms with E-state index in [9.17, 15) is 0 Å². The van der Waals surface area contributed by atoms with Crippen molar-refractivity contribution in [1.82, 2.24) is 0 Å². The Bertz CT molecular complexity index is 996. The summed E-state index contributed by atoms with van der Waals surface area (Å²) in [7, 11) is 0. The topological polar surface area (TPSA) is 9.23 Å². The molecule has 0 aromatic heterocycles. The van der Waals surface area contributed by atoms with Gasteiger partial charge in [0.05, 0.1) is 6.61 Å². The Hall–Kier alpha value is -1.76. The van der Waals surface area contributed by atoms with Gasteiger partial charge in [0.1, 0.15) is 5.75 Å². The van der Waals surface area contributed by atoms with Gasteiger partial charge in [-0.1, -0.05) is 124 Å². The summed E-state index contributed by atoms with van der Waals surface area (Å²) in [6.45, 7) is 14.8. The molecule has 1 heteroatoms. The molecular formula is C40H62O. The van der Waals surface area contributed by atoms with Crippen molar-refractivity contribution in [2.45, 2.75) is 150 Å². The molecule has 0 unspecified atom stereocenters. The molecule has 2 aromatic rings. The number of hydrogen-bond donors (Lipinski definition) is 0. The zero-order valence-corrected chi connectivity index (χ0v) is 27.7. The molecule has 0 heterocycles. The van der Waals surface area contributed by atoms with Crippen LogP contribution >= 0.6 is 0 Å². The quantitative estimate of drug-likeness (QED) is 0.224. The molecule has 2 aliphatic rings. The largest absolute Gasteiger partial charge is 0.493 e. The van der Waals surface area contributed by atoms with Crippen LogP contribution in [0.3, 0.4) is 0 Å². The minimum absolute atomic E-state index is 0.424. The van der Waals surface area contributed by atoms with E-state index in [1.165, 1.54) is 106 Å². The van der Waals surface area contributed by atoms with Crippen LogP contribution in [0.25, 0.3) is 11.1 Å². The zero-order chi connectivity index (χ0) is 29.2. The molecule has 0 atom stereocenters. The molecule has 41 heavy (non-hydrogen) atoms. The zero-order valence-electron chi connectivity index (χ0n) is 27.7. The number of hydrogen-bond acceptors (Lipinski definition) is 1. The SMILES string of the molecule is CCc1cc(-c2ccc(C3CCC(CCC4CCC(C)CC4)CC3)cc2)cc(CC)c1OCCC(CC)(CC)CC. The minimum atomic E-state index is 0.424. The van der Waals surface area contributed by atoms with E-state index in [1.807, 2.05) is 0 Å². The second-order valence-electron chi connectivity index (χ2n) is 14.0. The van der Waals surface area contributed by atoms with Crippen molar-refractivity contribution in [1.29, 1.82) is 0 Å².